The molecule has 0 aliphatic carbocycles. The molecule has 8 nitrogen and oxygen atoms in total. The van der Waals surface area contributed by atoms with Crippen molar-refractivity contribution in [2.24, 2.45) is 4.99 Å². The molecule has 0 radical (unpaired) electrons. The number of carbonyl (C=O) groups is 1. The number of anilines is 1. The molecule has 0 bridgehead atoms. The summed E-state index contributed by atoms with van der Waals surface area (Å²) in [7, 11) is 2.08. The van der Waals surface area contributed by atoms with Gasteiger partial charge in [0.05, 0.1) is 35.0 Å². The van der Waals surface area contributed by atoms with Gasteiger partial charge in [-0.25, -0.2) is 14.4 Å². The second kappa shape index (κ2) is 10.2. The van der Waals surface area contributed by atoms with Gasteiger partial charge in [-0.05, 0) is 54.7 Å². The summed E-state index contributed by atoms with van der Waals surface area (Å²) in [5.41, 5.74) is 3.56. The van der Waals surface area contributed by atoms with Crippen LogP contribution in [0.5, 0.6) is 0 Å². The van der Waals surface area contributed by atoms with Gasteiger partial charge in [0.2, 0.25) is 0 Å². The molecule has 3 aliphatic rings. The highest BCUT2D eigenvalue weighted by atomic mass is 32.2. The number of benzene rings is 2. The number of hydrogen-bond donors (Lipinski definition) is 0. The number of fused-ring (bicyclic) bond motifs is 1. The van der Waals surface area contributed by atoms with Crippen LogP contribution in [0.25, 0.3) is 28.2 Å². The first-order chi connectivity index (χ1) is 18.0. The van der Waals surface area contributed by atoms with E-state index in [1.54, 1.807) is 6.07 Å². The minimum Gasteiger partial charge on any atom is -0.378 e. The van der Waals surface area contributed by atoms with Crippen LogP contribution in [-0.4, -0.2) is 90.4 Å². The highest BCUT2D eigenvalue weighted by Crippen LogP contribution is 2.33. The molecule has 1 aromatic heterocycles. The van der Waals surface area contributed by atoms with Gasteiger partial charge in [0.25, 0.3) is 5.91 Å². The number of morpholine rings is 1. The van der Waals surface area contributed by atoms with Crippen molar-refractivity contribution >= 4 is 45.5 Å². The number of aliphatic imine (C=N–C) groups is 1. The van der Waals surface area contributed by atoms with Gasteiger partial charge in [-0.3, -0.25) is 4.79 Å². The third-order valence-electron chi connectivity index (χ3n) is 6.91. The van der Waals surface area contributed by atoms with Crippen LogP contribution in [-0.2, 0) is 9.53 Å². The van der Waals surface area contributed by atoms with Crippen molar-refractivity contribution in [1.29, 1.82) is 0 Å². The van der Waals surface area contributed by atoms with Crippen molar-refractivity contribution in [2.75, 3.05) is 64.4 Å². The zero-order chi connectivity index (χ0) is 25.4. The van der Waals surface area contributed by atoms with Gasteiger partial charge in [0.15, 0.2) is 5.17 Å². The Morgan fingerprint density at radius 2 is 1.78 bits per heavy atom. The summed E-state index contributed by atoms with van der Waals surface area (Å²) >= 11 is 1.39. The molecule has 0 unspecified atom stereocenters. The second-order valence-electron chi connectivity index (χ2n) is 9.36. The lowest BCUT2D eigenvalue weighted by Crippen LogP contribution is -2.44. The number of thioether (sulfide) groups is 1. The lowest BCUT2D eigenvalue weighted by atomic mass is 10.0. The molecule has 2 aromatic carbocycles. The van der Waals surface area contributed by atoms with Crippen molar-refractivity contribution in [1.82, 2.24) is 19.8 Å². The van der Waals surface area contributed by atoms with E-state index in [9.17, 15) is 4.79 Å². The van der Waals surface area contributed by atoms with Crippen molar-refractivity contribution in [3.05, 3.63) is 59.0 Å². The predicted molar refractivity (Wildman–Crippen MR) is 145 cm³/mol. The Kier molecular flexibility index (Phi) is 6.62. The monoisotopic (exact) mass is 518 g/mol. The number of piperazine rings is 1. The molecule has 0 saturated carbocycles. The zero-order valence-corrected chi connectivity index (χ0v) is 21.4. The van der Waals surface area contributed by atoms with E-state index < -0.39 is 0 Å². The van der Waals surface area contributed by atoms with Crippen LogP contribution in [0.1, 0.15) is 5.56 Å². The SMILES string of the molecule is CN1CCN(c2ccc(-c3ncnc4ccc(C=C5SC(N6CCOCC6)=NC5=O)cc34)cc2F)CC1. The number of ether oxygens (including phenoxy) is 1. The summed E-state index contributed by atoms with van der Waals surface area (Å²) < 4.78 is 20.6. The van der Waals surface area contributed by atoms with E-state index in [4.69, 9.17) is 4.74 Å². The Labute approximate surface area is 218 Å². The molecule has 3 aromatic rings. The van der Waals surface area contributed by atoms with Gasteiger partial charge in [0, 0.05) is 50.2 Å². The van der Waals surface area contributed by atoms with Crippen molar-refractivity contribution in [2.45, 2.75) is 0 Å². The van der Waals surface area contributed by atoms with Crippen LogP contribution < -0.4 is 4.90 Å². The van der Waals surface area contributed by atoms with E-state index in [2.05, 4.69) is 36.7 Å². The maximum absolute atomic E-state index is 15.2. The largest absolute Gasteiger partial charge is 0.378 e. The molecule has 0 spiro atoms. The summed E-state index contributed by atoms with van der Waals surface area (Å²) in [5.74, 6) is -0.495. The minimum absolute atomic E-state index is 0.238. The number of halogens is 1. The van der Waals surface area contributed by atoms with E-state index >= 15 is 4.39 Å². The summed E-state index contributed by atoms with van der Waals surface area (Å²) in [4.78, 5) is 32.7. The molecule has 0 N–H and O–H groups in total. The fourth-order valence-electron chi connectivity index (χ4n) is 4.79. The number of amides is 1. The summed E-state index contributed by atoms with van der Waals surface area (Å²) in [6, 6.07) is 11.1. The fraction of sp³-hybridized carbons (Fsp3) is 0.333. The fourth-order valence-corrected chi connectivity index (χ4v) is 5.76. The predicted octanol–water partition coefficient (Wildman–Crippen LogP) is 3.49. The second-order valence-corrected chi connectivity index (χ2v) is 10.4. The minimum atomic E-state index is -0.257. The molecule has 190 valence electrons. The van der Waals surface area contributed by atoms with Gasteiger partial charge >= 0.3 is 0 Å². The maximum atomic E-state index is 15.2. The molecule has 1 amide bonds. The number of carbonyl (C=O) groups excluding carboxylic acids is 1. The first kappa shape index (κ1) is 24.0. The topological polar surface area (TPSA) is 74.2 Å². The molecule has 10 heteroatoms. The molecular formula is C27H27FN6O2S. The van der Waals surface area contributed by atoms with Gasteiger partial charge in [0.1, 0.15) is 12.1 Å². The average Bonchev–Trinajstić information content (AvgIpc) is 3.29. The number of aromatic nitrogens is 2. The van der Waals surface area contributed by atoms with Crippen LogP contribution in [0, 0.1) is 5.82 Å². The van der Waals surface area contributed by atoms with Crippen LogP contribution >= 0.6 is 11.8 Å². The van der Waals surface area contributed by atoms with Crippen molar-refractivity contribution in [3.63, 3.8) is 0 Å². The molecule has 3 aliphatic heterocycles. The van der Waals surface area contributed by atoms with Crippen LogP contribution in [0.3, 0.4) is 0 Å². The molecule has 4 heterocycles. The van der Waals surface area contributed by atoms with E-state index in [0.29, 0.717) is 35.1 Å². The average molecular weight is 519 g/mol. The van der Waals surface area contributed by atoms with Gasteiger partial charge in [-0.1, -0.05) is 12.1 Å². The number of rotatable bonds is 3. The van der Waals surface area contributed by atoms with Crippen LogP contribution in [0.2, 0.25) is 0 Å². The third-order valence-corrected chi connectivity index (χ3v) is 7.96. The number of likely N-dealkylation sites (N-methyl/N-ethyl adjacent to an activating group) is 1. The molecule has 37 heavy (non-hydrogen) atoms. The zero-order valence-electron chi connectivity index (χ0n) is 20.6. The standard InChI is InChI=1S/C27H27FN6O2S/c1-32-6-8-33(9-7-32)23-5-3-19(16-21(23)28)25-20-14-18(2-4-22(20)29-17-30-25)15-24-26(35)31-27(37-24)34-10-12-36-13-11-34/h2-5,14-17H,6-13H2,1H3. The van der Waals surface area contributed by atoms with E-state index in [-0.39, 0.29) is 11.7 Å². The molecular weight excluding hydrogens is 491 g/mol. The number of hydrogen-bond acceptors (Lipinski definition) is 8. The van der Waals surface area contributed by atoms with E-state index in [0.717, 1.165) is 60.9 Å². The Bertz CT molecular complexity index is 1410. The third kappa shape index (κ3) is 4.96. The Morgan fingerprint density at radius 3 is 2.57 bits per heavy atom. The van der Waals surface area contributed by atoms with Crippen molar-refractivity contribution in [3.8, 4) is 11.3 Å². The summed E-state index contributed by atoms with van der Waals surface area (Å²) in [5, 5.41) is 1.52. The van der Waals surface area contributed by atoms with Crippen LogP contribution in [0.4, 0.5) is 10.1 Å². The lowest BCUT2D eigenvalue weighted by Gasteiger charge is -2.34. The summed E-state index contributed by atoms with van der Waals surface area (Å²) in [6.07, 6.45) is 3.35. The first-order valence-electron chi connectivity index (χ1n) is 12.4. The molecule has 2 saturated heterocycles. The Morgan fingerprint density at radius 1 is 0.973 bits per heavy atom. The van der Waals surface area contributed by atoms with E-state index in [1.165, 1.54) is 18.1 Å². The number of nitrogens with zero attached hydrogens (tertiary/aromatic N) is 6. The maximum Gasteiger partial charge on any atom is 0.286 e. The Balaban J connectivity index is 1.28. The molecule has 6 rings (SSSR count). The highest BCUT2D eigenvalue weighted by molar-refractivity contribution is 8.18. The van der Waals surface area contributed by atoms with Crippen molar-refractivity contribution < 1.29 is 13.9 Å². The molecule has 0 atom stereocenters. The Hall–Kier alpha value is -3.34. The first-order valence-corrected chi connectivity index (χ1v) is 13.2. The smallest absolute Gasteiger partial charge is 0.286 e. The molecule has 2 fully saturated rings. The highest BCUT2D eigenvalue weighted by Gasteiger charge is 2.27. The van der Waals surface area contributed by atoms with Crippen LogP contribution in [0.15, 0.2) is 52.6 Å². The van der Waals surface area contributed by atoms with Gasteiger partial charge in [-0.15, -0.1) is 0 Å². The van der Waals surface area contributed by atoms with Gasteiger partial charge < -0.3 is 19.4 Å². The number of amidine groups is 1. The quantitative estimate of drug-likeness (QED) is 0.488. The lowest BCUT2D eigenvalue weighted by molar-refractivity contribution is -0.113. The van der Waals surface area contributed by atoms with E-state index in [1.807, 2.05) is 36.4 Å². The summed E-state index contributed by atoms with van der Waals surface area (Å²) in [6.45, 7) is 6.16. The van der Waals surface area contributed by atoms with Gasteiger partial charge in [-0.2, -0.15) is 4.99 Å². The normalized spacial score (nSPS) is 20.2.